The van der Waals surface area contributed by atoms with E-state index >= 15 is 0 Å². The molecule has 0 aliphatic rings. The third-order valence-electron chi connectivity index (χ3n) is 4.17. The van der Waals surface area contributed by atoms with Crippen LogP contribution in [-0.4, -0.2) is 26.1 Å². The molecule has 4 rings (SSSR count). The smallest absolute Gasteiger partial charge is 0.269 e. The van der Waals surface area contributed by atoms with Crippen molar-refractivity contribution in [3.05, 3.63) is 57.7 Å². The van der Waals surface area contributed by atoms with Crippen molar-refractivity contribution in [3.63, 3.8) is 0 Å². The first kappa shape index (κ1) is 17.6. The minimum atomic E-state index is -0.242. The molecule has 0 bridgehead atoms. The molecule has 8 heteroatoms. The molecule has 0 unspecified atom stereocenters. The lowest BCUT2D eigenvalue weighted by atomic mass is 10.2. The highest BCUT2D eigenvalue weighted by atomic mass is 32.1. The third-order valence-corrected chi connectivity index (χ3v) is 6.50. The highest BCUT2D eigenvalue weighted by Crippen LogP contribution is 2.29. The molecule has 3 heterocycles. The molecule has 6 nitrogen and oxygen atoms in total. The maximum absolute atomic E-state index is 12.7. The van der Waals surface area contributed by atoms with Gasteiger partial charge in [0.05, 0.1) is 16.3 Å². The standard InChI is InChI=1S/C19H16N4O2S2/c1-10-15(12(3)24)26-18(20-10)22-17(25)16-11(2)23-9-14(21-19(23)27-16)13-7-5-4-6-8-13/h4-9H,1-3H3,(H,20,22,25). The predicted molar refractivity (Wildman–Crippen MR) is 108 cm³/mol. The highest BCUT2D eigenvalue weighted by Gasteiger charge is 2.20. The summed E-state index contributed by atoms with van der Waals surface area (Å²) >= 11 is 2.53. The van der Waals surface area contributed by atoms with Gasteiger partial charge in [-0.25, -0.2) is 9.97 Å². The molecule has 0 atom stereocenters. The van der Waals surface area contributed by atoms with Crippen molar-refractivity contribution in [2.24, 2.45) is 0 Å². The number of nitrogens with one attached hydrogen (secondary N) is 1. The largest absolute Gasteiger partial charge is 0.297 e. The molecule has 0 fully saturated rings. The van der Waals surface area contributed by atoms with Crippen molar-refractivity contribution >= 4 is 44.5 Å². The van der Waals surface area contributed by atoms with Crippen LogP contribution in [0.25, 0.3) is 16.2 Å². The van der Waals surface area contributed by atoms with Gasteiger partial charge in [0.15, 0.2) is 15.9 Å². The number of amides is 1. The van der Waals surface area contributed by atoms with Crippen molar-refractivity contribution < 1.29 is 9.59 Å². The van der Waals surface area contributed by atoms with Crippen molar-refractivity contribution in [1.29, 1.82) is 0 Å². The monoisotopic (exact) mass is 396 g/mol. The zero-order valence-corrected chi connectivity index (χ0v) is 16.6. The summed E-state index contributed by atoms with van der Waals surface area (Å²) in [5.41, 5.74) is 3.36. The van der Waals surface area contributed by atoms with Crippen molar-refractivity contribution in [2.45, 2.75) is 20.8 Å². The fraction of sp³-hybridized carbons (Fsp3) is 0.158. The Labute approximate surface area is 163 Å². The van der Waals surface area contributed by atoms with E-state index in [0.717, 1.165) is 21.9 Å². The Hall–Kier alpha value is -2.84. The lowest BCUT2D eigenvalue weighted by Crippen LogP contribution is -2.11. The molecular weight excluding hydrogens is 380 g/mol. The number of hydrogen-bond acceptors (Lipinski definition) is 6. The topological polar surface area (TPSA) is 76.4 Å². The normalized spacial score (nSPS) is 11.1. The third kappa shape index (κ3) is 3.17. The van der Waals surface area contributed by atoms with Gasteiger partial charge in [0.2, 0.25) is 0 Å². The Morgan fingerprint density at radius 1 is 1.04 bits per heavy atom. The minimum absolute atomic E-state index is 0.0512. The number of aromatic nitrogens is 3. The molecule has 0 saturated carbocycles. The van der Waals surface area contributed by atoms with Gasteiger partial charge in [0, 0.05) is 24.4 Å². The Bertz CT molecular complexity index is 1170. The summed E-state index contributed by atoms with van der Waals surface area (Å²) in [6.45, 7) is 5.15. The number of carbonyl (C=O) groups is 2. The van der Waals surface area contributed by atoms with Gasteiger partial charge in [-0.3, -0.25) is 19.3 Å². The number of Topliss-reactive ketones (excluding diaryl/α,β-unsaturated/α-hetero) is 1. The summed E-state index contributed by atoms with van der Waals surface area (Å²) in [5, 5.41) is 3.23. The number of carbonyl (C=O) groups excluding carboxylic acids is 2. The molecule has 0 aliphatic carbocycles. The van der Waals surface area contributed by atoms with Crippen LogP contribution in [0.4, 0.5) is 5.13 Å². The maximum Gasteiger partial charge on any atom is 0.269 e. The first-order chi connectivity index (χ1) is 12.9. The van der Waals surface area contributed by atoms with Gasteiger partial charge in [0.1, 0.15) is 4.88 Å². The Morgan fingerprint density at radius 3 is 2.41 bits per heavy atom. The maximum atomic E-state index is 12.7. The van der Waals surface area contributed by atoms with Crippen LogP contribution in [0.2, 0.25) is 0 Å². The van der Waals surface area contributed by atoms with Gasteiger partial charge in [0.25, 0.3) is 5.91 Å². The lowest BCUT2D eigenvalue weighted by Gasteiger charge is -2.00. The first-order valence-corrected chi connectivity index (χ1v) is 9.91. The number of aryl methyl sites for hydroxylation is 2. The Balaban J connectivity index is 1.63. The summed E-state index contributed by atoms with van der Waals surface area (Å²) in [6.07, 6.45) is 1.94. The number of benzene rings is 1. The zero-order chi connectivity index (χ0) is 19.1. The van der Waals surface area contributed by atoms with Crippen LogP contribution in [0.15, 0.2) is 36.5 Å². The van der Waals surface area contributed by atoms with Crippen LogP contribution >= 0.6 is 22.7 Å². The van der Waals surface area contributed by atoms with Gasteiger partial charge >= 0.3 is 0 Å². The molecule has 136 valence electrons. The van der Waals surface area contributed by atoms with E-state index in [1.807, 2.05) is 47.9 Å². The number of ketones is 1. The van der Waals surface area contributed by atoms with E-state index in [1.165, 1.54) is 29.6 Å². The highest BCUT2D eigenvalue weighted by molar-refractivity contribution is 7.19. The van der Waals surface area contributed by atoms with E-state index in [0.29, 0.717) is 20.6 Å². The van der Waals surface area contributed by atoms with E-state index < -0.39 is 0 Å². The van der Waals surface area contributed by atoms with Gasteiger partial charge in [-0.15, -0.1) is 0 Å². The van der Waals surface area contributed by atoms with Crippen LogP contribution in [0.5, 0.6) is 0 Å². The molecule has 1 amide bonds. The van der Waals surface area contributed by atoms with Gasteiger partial charge in [-0.05, 0) is 13.8 Å². The fourth-order valence-corrected chi connectivity index (χ4v) is 4.70. The lowest BCUT2D eigenvalue weighted by molar-refractivity contribution is 0.101. The molecular formula is C19H16N4O2S2. The van der Waals surface area contributed by atoms with E-state index in [1.54, 1.807) is 6.92 Å². The van der Waals surface area contributed by atoms with Gasteiger partial charge < -0.3 is 0 Å². The number of nitrogens with zero attached hydrogens (tertiary/aromatic N) is 3. The summed E-state index contributed by atoms with van der Waals surface area (Å²) in [4.78, 5) is 35.1. The number of rotatable bonds is 4. The van der Waals surface area contributed by atoms with E-state index in [4.69, 9.17) is 0 Å². The molecule has 0 spiro atoms. The van der Waals surface area contributed by atoms with E-state index in [-0.39, 0.29) is 11.7 Å². The van der Waals surface area contributed by atoms with Gasteiger partial charge in [-0.2, -0.15) is 0 Å². The number of thiazole rings is 2. The fourth-order valence-electron chi connectivity index (χ4n) is 2.84. The van der Waals surface area contributed by atoms with Crippen molar-refractivity contribution in [2.75, 3.05) is 5.32 Å². The average molecular weight is 396 g/mol. The molecule has 27 heavy (non-hydrogen) atoms. The second-order valence-corrected chi connectivity index (χ2v) is 8.08. The Kier molecular flexibility index (Phi) is 4.37. The summed E-state index contributed by atoms with van der Waals surface area (Å²) in [7, 11) is 0. The number of fused-ring (bicyclic) bond motifs is 1. The molecule has 1 N–H and O–H groups in total. The molecule has 3 aromatic heterocycles. The van der Waals surface area contributed by atoms with E-state index in [2.05, 4.69) is 15.3 Å². The predicted octanol–water partition coefficient (Wildman–Crippen LogP) is 4.59. The number of imidazole rings is 1. The van der Waals surface area contributed by atoms with Crippen LogP contribution in [-0.2, 0) is 0 Å². The second kappa shape index (κ2) is 6.71. The quantitative estimate of drug-likeness (QED) is 0.512. The second-order valence-electron chi connectivity index (χ2n) is 6.11. The van der Waals surface area contributed by atoms with Crippen LogP contribution in [0.1, 0.15) is 37.7 Å². The molecule has 0 radical (unpaired) electrons. The average Bonchev–Trinajstić information content (AvgIpc) is 3.30. The summed E-state index contributed by atoms with van der Waals surface area (Å²) < 4.78 is 1.93. The minimum Gasteiger partial charge on any atom is -0.297 e. The van der Waals surface area contributed by atoms with Crippen molar-refractivity contribution in [3.8, 4) is 11.3 Å². The zero-order valence-electron chi connectivity index (χ0n) is 14.9. The van der Waals surface area contributed by atoms with Gasteiger partial charge in [-0.1, -0.05) is 53.0 Å². The van der Waals surface area contributed by atoms with Crippen molar-refractivity contribution in [1.82, 2.24) is 14.4 Å². The number of hydrogen-bond donors (Lipinski definition) is 1. The number of anilines is 1. The SMILES string of the molecule is CC(=O)c1sc(NC(=O)c2sc3nc(-c4ccccc4)cn3c2C)nc1C. The molecule has 4 aromatic rings. The summed E-state index contributed by atoms with van der Waals surface area (Å²) in [5.74, 6) is -0.294. The molecule has 0 aliphatic heterocycles. The molecule has 1 aromatic carbocycles. The van der Waals surface area contributed by atoms with Crippen LogP contribution in [0, 0.1) is 13.8 Å². The Morgan fingerprint density at radius 2 is 1.78 bits per heavy atom. The van der Waals surface area contributed by atoms with Crippen LogP contribution in [0.3, 0.4) is 0 Å². The summed E-state index contributed by atoms with van der Waals surface area (Å²) in [6, 6.07) is 9.92. The molecule has 0 saturated heterocycles. The van der Waals surface area contributed by atoms with Crippen LogP contribution < -0.4 is 5.32 Å². The van der Waals surface area contributed by atoms with E-state index in [9.17, 15) is 9.59 Å². The first-order valence-electron chi connectivity index (χ1n) is 8.27.